The summed E-state index contributed by atoms with van der Waals surface area (Å²) in [5, 5.41) is 3.55. The van der Waals surface area contributed by atoms with Crippen molar-refractivity contribution in [1.82, 2.24) is 10.2 Å². The molecule has 2 heteroatoms. The van der Waals surface area contributed by atoms with Crippen LogP contribution in [0, 0.1) is 11.8 Å². The van der Waals surface area contributed by atoms with Crippen LogP contribution in [0.5, 0.6) is 0 Å². The largest absolute Gasteiger partial charge is 0.316 e. The highest BCUT2D eigenvalue weighted by molar-refractivity contribution is 4.97. The summed E-state index contributed by atoms with van der Waals surface area (Å²) in [5.41, 5.74) is 0. The van der Waals surface area contributed by atoms with Gasteiger partial charge in [0.2, 0.25) is 0 Å². The van der Waals surface area contributed by atoms with Crippen molar-refractivity contribution < 1.29 is 0 Å². The van der Waals surface area contributed by atoms with Crippen molar-refractivity contribution in [2.24, 2.45) is 11.8 Å². The second-order valence-corrected chi connectivity index (χ2v) is 4.97. The quantitative estimate of drug-likeness (QED) is 0.649. The number of fused-ring (bicyclic) bond motifs is 1. The maximum atomic E-state index is 3.55. The molecule has 0 aromatic rings. The fourth-order valence-corrected chi connectivity index (χ4v) is 3.65. The number of nitrogens with one attached hydrogen (secondary N) is 1. The lowest BCUT2D eigenvalue weighted by Crippen LogP contribution is -2.37. The first-order chi connectivity index (χ1) is 6.45. The number of hydrogen-bond donors (Lipinski definition) is 1. The molecule has 1 saturated carbocycles. The first kappa shape index (κ1) is 8.25. The van der Waals surface area contributed by atoms with Gasteiger partial charge in [-0.2, -0.15) is 0 Å². The fourth-order valence-electron chi connectivity index (χ4n) is 3.65. The summed E-state index contributed by atoms with van der Waals surface area (Å²) in [7, 11) is 0. The molecule has 74 valence electrons. The monoisotopic (exact) mass is 180 g/mol. The zero-order valence-electron chi connectivity index (χ0n) is 8.34. The first-order valence-corrected chi connectivity index (χ1v) is 5.90. The molecule has 3 rings (SSSR count). The summed E-state index contributed by atoms with van der Waals surface area (Å²) in [6.45, 7) is 5.36. The summed E-state index contributed by atoms with van der Waals surface area (Å²) in [4.78, 5) is 2.76. The lowest BCUT2D eigenvalue weighted by Gasteiger charge is -2.28. The topological polar surface area (TPSA) is 15.3 Å². The molecule has 2 heterocycles. The van der Waals surface area contributed by atoms with E-state index in [2.05, 4.69) is 10.2 Å². The van der Waals surface area contributed by atoms with Crippen molar-refractivity contribution in [3.63, 3.8) is 0 Å². The minimum absolute atomic E-state index is 0.947. The van der Waals surface area contributed by atoms with Crippen molar-refractivity contribution >= 4 is 0 Å². The van der Waals surface area contributed by atoms with Gasteiger partial charge in [0.15, 0.2) is 0 Å². The van der Waals surface area contributed by atoms with Gasteiger partial charge < -0.3 is 10.2 Å². The Balaban J connectivity index is 1.70. The van der Waals surface area contributed by atoms with E-state index in [0.29, 0.717) is 0 Å². The predicted octanol–water partition coefficient (Wildman–Crippen LogP) is 1.08. The molecule has 13 heavy (non-hydrogen) atoms. The molecule has 0 bridgehead atoms. The van der Waals surface area contributed by atoms with Crippen molar-refractivity contribution in [2.75, 3.05) is 26.2 Å². The van der Waals surface area contributed by atoms with Gasteiger partial charge in [-0.05, 0) is 63.7 Å². The van der Waals surface area contributed by atoms with E-state index in [1.54, 1.807) is 0 Å². The third-order valence-electron chi connectivity index (χ3n) is 4.33. The number of nitrogens with zero attached hydrogens (tertiary/aromatic N) is 1. The molecule has 0 radical (unpaired) electrons. The van der Waals surface area contributed by atoms with E-state index < -0.39 is 0 Å². The number of hydrogen-bond acceptors (Lipinski definition) is 2. The number of rotatable bonds is 1. The van der Waals surface area contributed by atoms with Gasteiger partial charge in [-0.1, -0.05) is 0 Å². The molecule has 2 aliphatic heterocycles. The average molecular weight is 180 g/mol. The normalized spacial score (nSPS) is 45.7. The van der Waals surface area contributed by atoms with E-state index in [9.17, 15) is 0 Å². The standard InChI is InChI=1S/C11H20N2/c1-2-6-13(5-1)11-4-3-9-7-12-8-10(9)11/h9-12H,1-8H2/t9-,10+,11-/m1/s1. The maximum Gasteiger partial charge on any atom is 0.0139 e. The molecule has 3 fully saturated rings. The lowest BCUT2D eigenvalue weighted by atomic mass is 9.97. The van der Waals surface area contributed by atoms with Crippen LogP contribution in [0.1, 0.15) is 25.7 Å². The van der Waals surface area contributed by atoms with E-state index in [1.165, 1.54) is 51.9 Å². The van der Waals surface area contributed by atoms with E-state index in [0.717, 1.165) is 17.9 Å². The van der Waals surface area contributed by atoms with Gasteiger partial charge in [0.1, 0.15) is 0 Å². The fraction of sp³-hybridized carbons (Fsp3) is 1.00. The van der Waals surface area contributed by atoms with Crippen LogP contribution >= 0.6 is 0 Å². The minimum Gasteiger partial charge on any atom is -0.316 e. The summed E-state index contributed by atoms with van der Waals surface area (Å²) < 4.78 is 0. The Kier molecular flexibility index (Phi) is 2.06. The zero-order chi connectivity index (χ0) is 8.67. The summed E-state index contributed by atoms with van der Waals surface area (Å²) in [6.07, 6.45) is 5.86. The van der Waals surface area contributed by atoms with Gasteiger partial charge in [-0.3, -0.25) is 0 Å². The van der Waals surface area contributed by atoms with Gasteiger partial charge in [0.05, 0.1) is 0 Å². The SMILES string of the molecule is C1CCN([C@@H]2CC[C@@H]3CNC[C@@H]32)C1. The van der Waals surface area contributed by atoms with Gasteiger partial charge in [0, 0.05) is 6.04 Å². The molecule has 3 aliphatic rings. The van der Waals surface area contributed by atoms with Crippen LogP contribution in [0.4, 0.5) is 0 Å². The van der Waals surface area contributed by atoms with E-state index in [1.807, 2.05) is 0 Å². The Hall–Kier alpha value is -0.0800. The highest BCUT2D eigenvalue weighted by atomic mass is 15.2. The Labute approximate surface area is 80.7 Å². The second-order valence-electron chi connectivity index (χ2n) is 4.97. The minimum atomic E-state index is 0.947. The van der Waals surface area contributed by atoms with E-state index >= 15 is 0 Å². The summed E-state index contributed by atoms with van der Waals surface area (Å²) in [6, 6.07) is 0.947. The molecule has 0 spiro atoms. The van der Waals surface area contributed by atoms with Crippen molar-refractivity contribution in [3.8, 4) is 0 Å². The van der Waals surface area contributed by atoms with Crippen LogP contribution in [0.2, 0.25) is 0 Å². The van der Waals surface area contributed by atoms with Gasteiger partial charge >= 0.3 is 0 Å². The highest BCUT2D eigenvalue weighted by Crippen LogP contribution is 2.38. The van der Waals surface area contributed by atoms with Gasteiger partial charge in [-0.25, -0.2) is 0 Å². The molecule has 0 unspecified atom stereocenters. The van der Waals surface area contributed by atoms with Crippen molar-refractivity contribution in [2.45, 2.75) is 31.7 Å². The highest BCUT2D eigenvalue weighted by Gasteiger charge is 2.42. The predicted molar refractivity (Wildman–Crippen MR) is 53.7 cm³/mol. The molecular formula is C11H20N2. The molecular weight excluding hydrogens is 160 g/mol. The molecule has 0 aromatic heterocycles. The van der Waals surface area contributed by atoms with Crippen LogP contribution in [0.25, 0.3) is 0 Å². The molecule has 3 atom stereocenters. The third kappa shape index (κ3) is 1.31. The summed E-state index contributed by atoms with van der Waals surface area (Å²) >= 11 is 0. The Morgan fingerprint density at radius 3 is 2.69 bits per heavy atom. The van der Waals surface area contributed by atoms with Crippen LogP contribution in [-0.4, -0.2) is 37.1 Å². The Bertz CT molecular complexity index is 187. The zero-order valence-corrected chi connectivity index (χ0v) is 8.34. The average Bonchev–Trinajstić information content (AvgIpc) is 2.79. The Morgan fingerprint density at radius 2 is 1.85 bits per heavy atom. The van der Waals surface area contributed by atoms with Crippen LogP contribution < -0.4 is 5.32 Å². The molecule has 1 N–H and O–H groups in total. The maximum absolute atomic E-state index is 3.55. The number of likely N-dealkylation sites (tertiary alicyclic amines) is 1. The summed E-state index contributed by atoms with van der Waals surface area (Å²) in [5.74, 6) is 2.02. The van der Waals surface area contributed by atoms with Gasteiger partial charge in [-0.15, -0.1) is 0 Å². The molecule has 2 saturated heterocycles. The van der Waals surface area contributed by atoms with Crippen LogP contribution in [-0.2, 0) is 0 Å². The smallest absolute Gasteiger partial charge is 0.0139 e. The first-order valence-electron chi connectivity index (χ1n) is 5.90. The second kappa shape index (κ2) is 3.25. The van der Waals surface area contributed by atoms with Crippen molar-refractivity contribution in [3.05, 3.63) is 0 Å². The Morgan fingerprint density at radius 1 is 1.00 bits per heavy atom. The van der Waals surface area contributed by atoms with E-state index in [4.69, 9.17) is 0 Å². The molecule has 0 aromatic carbocycles. The lowest BCUT2D eigenvalue weighted by molar-refractivity contribution is 0.196. The van der Waals surface area contributed by atoms with Crippen molar-refractivity contribution in [1.29, 1.82) is 0 Å². The molecule has 0 amide bonds. The third-order valence-corrected chi connectivity index (χ3v) is 4.33. The van der Waals surface area contributed by atoms with Gasteiger partial charge in [0.25, 0.3) is 0 Å². The van der Waals surface area contributed by atoms with Crippen LogP contribution in [0.15, 0.2) is 0 Å². The van der Waals surface area contributed by atoms with E-state index in [-0.39, 0.29) is 0 Å². The molecule has 2 nitrogen and oxygen atoms in total. The van der Waals surface area contributed by atoms with Crippen LogP contribution in [0.3, 0.4) is 0 Å². The molecule has 1 aliphatic carbocycles.